The molecule has 0 aromatic carbocycles. The average Bonchev–Trinajstić information content (AvgIpc) is 2.52. The second-order valence-corrected chi connectivity index (χ2v) is 6.20. The summed E-state index contributed by atoms with van der Waals surface area (Å²) in [6.07, 6.45) is 6.19. The average molecular weight is 266 g/mol. The zero-order valence-electron chi connectivity index (χ0n) is 12.2. The van der Waals surface area contributed by atoms with Gasteiger partial charge >= 0.3 is 0 Å². The van der Waals surface area contributed by atoms with E-state index < -0.39 is 0 Å². The van der Waals surface area contributed by atoms with Gasteiger partial charge in [-0.2, -0.15) is 0 Å². The number of hydrogen-bond acceptors (Lipinski definition) is 2. The Morgan fingerprint density at radius 1 is 1.32 bits per heavy atom. The molecule has 1 saturated carbocycles. The Morgan fingerprint density at radius 3 is 2.79 bits per heavy atom. The molecule has 0 radical (unpaired) electrons. The van der Waals surface area contributed by atoms with Crippen LogP contribution in [0.3, 0.4) is 0 Å². The highest BCUT2D eigenvalue weighted by atomic mass is 16.2. The maximum Gasteiger partial charge on any atom is 0.245 e. The molecule has 0 spiro atoms. The van der Waals surface area contributed by atoms with Gasteiger partial charge in [0.1, 0.15) is 6.04 Å². The molecule has 0 aromatic heterocycles. The van der Waals surface area contributed by atoms with Crippen molar-refractivity contribution in [2.45, 2.75) is 58.4 Å². The van der Waals surface area contributed by atoms with Crippen LogP contribution in [0.5, 0.6) is 0 Å². The fourth-order valence-electron chi connectivity index (χ4n) is 3.39. The van der Waals surface area contributed by atoms with Crippen molar-refractivity contribution in [1.29, 1.82) is 0 Å². The third-order valence-corrected chi connectivity index (χ3v) is 4.49. The first-order valence-electron chi connectivity index (χ1n) is 7.68. The zero-order valence-corrected chi connectivity index (χ0v) is 12.2. The summed E-state index contributed by atoms with van der Waals surface area (Å²) in [5, 5.41) is 2.82. The van der Waals surface area contributed by atoms with E-state index in [9.17, 15) is 9.59 Å². The van der Waals surface area contributed by atoms with Gasteiger partial charge in [-0.25, -0.2) is 0 Å². The van der Waals surface area contributed by atoms with Crippen LogP contribution in [0.15, 0.2) is 0 Å². The summed E-state index contributed by atoms with van der Waals surface area (Å²) in [7, 11) is 0. The summed E-state index contributed by atoms with van der Waals surface area (Å²) in [6, 6.07) is -0.309. The fraction of sp³-hybridized carbons (Fsp3) is 0.867. The van der Waals surface area contributed by atoms with Gasteiger partial charge in [-0.1, -0.05) is 26.7 Å². The molecule has 4 nitrogen and oxygen atoms in total. The smallest absolute Gasteiger partial charge is 0.245 e. The predicted molar refractivity (Wildman–Crippen MR) is 74.5 cm³/mol. The molecule has 2 aliphatic rings. The van der Waals surface area contributed by atoms with Crippen LogP contribution in [0.2, 0.25) is 0 Å². The minimum absolute atomic E-state index is 0.0136. The Morgan fingerprint density at radius 2 is 2.11 bits per heavy atom. The minimum Gasteiger partial charge on any atom is -0.344 e. The highest BCUT2D eigenvalue weighted by Gasteiger charge is 2.30. The van der Waals surface area contributed by atoms with E-state index in [0.717, 1.165) is 12.5 Å². The third-order valence-electron chi connectivity index (χ3n) is 4.49. The Balaban J connectivity index is 1.97. The number of carbonyl (C=O) groups is 2. The van der Waals surface area contributed by atoms with Crippen LogP contribution in [0, 0.1) is 11.8 Å². The molecule has 2 fully saturated rings. The van der Waals surface area contributed by atoms with E-state index >= 15 is 0 Å². The molecule has 1 aliphatic carbocycles. The SMILES string of the molecule is CCC1NC(=O)CCN(CC2CCCC(C)C2)C1=O. The zero-order chi connectivity index (χ0) is 13.8. The number of amides is 2. The topological polar surface area (TPSA) is 49.4 Å². The first kappa shape index (κ1) is 14.4. The Bertz CT molecular complexity index is 343. The number of nitrogens with one attached hydrogen (secondary N) is 1. The highest BCUT2D eigenvalue weighted by Crippen LogP contribution is 2.29. The van der Waals surface area contributed by atoms with Crippen molar-refractivity contribution in [3.05, 3.63) is 0 Å². The maximum atomic E-state index is 12.4. The maximum absolute atomic E-state index is 12.4. The lowest BCUT2D eigenvalue weighted by Crippen LogP contribution is -2.46. The second-order valence-electron chi connectivity index (χ2n) is 6.20. The molecular weight excluding hydrogens is 240 g/mol. The molecule has 1 heterocycles. The van der Waals surface area contributed by atoms with Crippen molar-refractivity contribution < 1.29 is 9.59 Å². The van der Waals surface area contributed by atoms with Gasteiger partial charge in [-0.3, -0.25) is 9.59 Å². The van der Waals surface area contributed by atoms with Crippen LogP contribution < -0.4 is 5.32 Å². The van der Waals surface area contributed by atoms with Crippen molar-refractivity contribution in [2.75, 3.05) is 13.1 Å². The van der Waals surface area contributed by atoms with Gasteiger partial charge in [0.2, 0.25) is 11.8 Å². The standard InChI is InChI=1S/C15H26N2O2/c1-3-13-15(19)17(8-7-14(18)16-13)10-12-6-4-5-11(2)9-12/h11-13H,3-10H2,1-2H3,(H,16,18). The van der Waals surface area contributed by atoms with E-state index in [1.807, 2.05) is 11.8 Å². The number of hydrogen-bond donors (Lipinski definition) is 1. The second kappa shape index (κ2) is 6.40. The Kier molecular flexibility index (Phi) is 4.83. The predicted octanol–water partition coefficient (Wildman–Crippen LogP) is 1.94. The van der Waals surface area contributed by atoms with Gasteiger partial charge in [0.05, 0.1) is 0 Å². The summed E-state index contributed by atoms with van der Waals surface area (Å²) in [5.74, 6) is 1.53. The van der Waals surface area contributed by atoms with Crippen LogP contribution in [-0.2, 0) is 9.59 Å². The van der Waals surface area contributed by atoms with E-state index in [2.05, 4.69) is 12.2 Å². The molecule has 2 rings (SSSR count). The lowest BCUT2D eigenvalue weighted by atomic mass is 9.82. The van der Waals surface area contributed by atoms with Crippen LogP contribution in [-0.4, -0.2) is 35.8 Å². The number of carbonyl (C=O) groups excluding carboxylic acids is 2. The van der Waals surface area contributed by atoms with Crippen molar-refractivity contribution in [3.63, 3.8) is 0 Å². The minimum atomic E-state index is -0.309. The molecule has 0 aromatic rings. The summed E-state index contributed by atoms with van der Waals surface area (Å²) in [5.41, 5.74) is 0. The first-order chi connectivity index (χ1) is 9.10. The largest absolute Gasteiger partial charge is 0.344 e. The summed E-state index contributed by atoms with van der Waals surface area (Å²) in [6.45, 7) is 5.69. The van der Waals surface area contributed by atoms with Crippen molar-refractivity contribution in [2.24, 2.45) is 11.8 Å². The van der Waals surface area contributed by atoms with Gasteiger partial charge in [0, 0.05) is 19.5 Å². The van der Waals surface area contributed by atoms with Crippen LogP contribution in [0.4, 0.5) is 0 Å². The third kappa shape index (κ3) is 3.71. The quantitative estimate of drug-likeness (QED) is 0.848. The van der Waals surface area contributed by atoms with E-state index in [4.69, 9.17) is 0 Å². The van der Waals surface area contributed by atoms with Crippen LogP contribution >= 0.6 is 0 Å². The highest BCUT2D eigenvalue weighted by molar-refractivity contribution is 5.89. The summed E-state index contributed by atoms with van der Waals surface area (Å²) in [4.78, 5) is 25.9. The molecule has 1 saturated heterocycles. The molecule has 3 unspecified atom stereocenters. The van der Waals surface area contributed by atoms with E-state index in [1.165, 1.54) is 25.7 Å². The van der Waals surface area contributed by atoms with Gasteiger partial charge < -0.3 is 10.2 Å². The molecule has 3 atom stereocenters. The lowest BCUT2D eigenvalue weighted by Gasteiger charge is -2.32. The van der Waals surface area contributed by atoms with E-state index in [0.29, 0.717) is 25.3 Å². The van der Waals surface area contributed by atoms with E-state index in [-0.39, 0.29) is 17.9 Å². The summed E-state index contributed by atoms with van der Waals surface area (Å²) < 4.78 is 0. The Hall–Kier alpha value is -1.06. The van der Waals surface area contributed by atoms with Gasteiger partial charge in [0.15, 0.2) is 0 Å². The monoisotopic (exact) mass is 266 g/mol. The number of rotatable bonds is 3. The van der Waals surface area contributed by atoms with Crippen molar-refractivity contribution in [3.8, 4) is 0 Å². The molecule has 0 bridgehead atoms. The van der Waals surface area contributed by atoms with Gasteiger partial charge in [-0.15, -0.1) is 0 Å². The van der Waals surface area contributed by atoms with Crippen LogP contribution in [0.25, 0.3) is 0 Å². The molecule has 19 heavy (non-hydrogen) atoms. The Labute approximate surface area is 115 Å². The summed E-state index contributed by atoms with van der Waals surface area (Å²) >= 11 is 0. The molecule has 2 amide bonds. The molecular formula is C15H26N2O2. The van der Waals surface area contributed by atoms with Crippen molar-refractivity contribution >= 4 is 11.8 Å². The normalized spacial score (nSPS) is 32.9. The van der Waals surface area contributed by atoms with E-state index in [1.54, 1.807) is 0 Å². The molecule has 4 heteroatoms. The first-order valence-corrected chi connectivity index (χ1v) is 7.68. The van der Waals surface area contributed by atoms with Gasteiger partial charge in [-0.05, 0) is 31.1 Å². The molecule has 1 aliphatic heterocycles. The molecule has 108 valence electrons. The molecule has 1 N–H and O–H groups in total. The fourth-order valence-corrected chi connectivity index (χ4v) is 3.39. The van der Waals surface area contributed by atoms with Crippen molar-refractivity contribution in [1.82, 2.24) is 10.2 Å². The van der Waals surface area contributed by atoms with Crippen LogP contribution in [0.1, 0.15) is 52.4 Å². The van der Waals surface area contributed by atoms with Gasteiger partial charge in [0.25, 0.3) is 0 Å². The number of nitrogens with zero attached hydrogens (tertiary/aromatic N) is 1. The lowest BCUT2D eigenvalue weighted by molar-refractivity contribution is -0.134.